The minimum atomic E-state index is -0.960. The Morgan fingerprint density at radius 3 is 2.75 bits per heavy atom. The molecule has 1 aliphatic rings. The lowest BCUT2D eigenvalue weighted by molar-refractivity contribution is -0.0910. The van der Waals surface area contributed by atoms with Crippen LogP contribution in [0.3, 0.4) is 0 Å². The predicted molar refractivity (Wildman–Crippen MR) is 45.8 cm³/mol. The van der Waals surface area contributed by atoms with Crippen molar-refractivity contribution in [2.45, 2.75) is 38.4 Å². The third-order valence-corrected chi connectivity index (χ3v) is 2.76. The molecule has 3 heteroatoms. The Bertz CT molecular complexity index is 139. The second-order valence-corrected chi connectivity index (χ2v) is 3.78. The normalized spacial score (nSPS) is 31.5. The quantitative estimate of drug-likeness (QED) is 0.656. The summed E-state index contributed by atoms with van der Waals surface area (Å²) >= 11 is 0. The fourth-order valence-corrected chi connectivity index (χ4v) is 1.52. The van der Waals surface area contributed by atoms with Crippen molar-refractivity contribution in [3.63, 3.8) is 0 Å². The van der Waals surface area contributed by atoms with E-state index in [1.807, 2.05) is 6.92 Å². The van der Waals surface area contributed by atoms with Crippen molar-refractivity contribution < 1.29 is 14.9 Å². The first-order valence-electron chi connectivity index (χ1n) is 4.56. The first kappa shape index (κ1) is 9.96. The van der Waals surface area contributed by atoms with Crippen LogP contribution in [0.2, 0.25) is 0 Å². The van der Waals surface area contributed by atoms with E-state index in [1.165, 1.54) is 0 Å². The van der Waals surface area contributed by atoms with E-state index < -0.39 is 11.7 Å². The molecule has 3 unspecified atom stereocenters. The SMILES string of the molecule is CCC(C)(O)C(O)C1CCOC1. The van der Waals surface area contributed by atoms with Gasteiger partial charge in [-0.2, -0.15) is 0 Å². The van der Waals surface area contributed by atoms with Gasteiger partial charge in [0.15, 0.2) is 0 Å². The van der Waals surface area contributed by atoms with E-state index in [4.69, 9.17) is 4.74 Å². The van der Waals surface area contributed by atoms with E-state index in [0.29, 0.717) is 19.6 Å². The molecule has 72 valence electrons. The van der Waals surface area contributed by atoms with E-state index in [2.05, 4.69) is 0 Å². The molecule has 1 rings (SSSR count). The molecule has 1 heterocycles. The molecule has 0 aromatic rings. The standard InChI is InChI=1S/C9H18O3/c1-3-9(2,11)8(10)7-4-5-12-6-7/h7-8,10-11H,3-6H2,1-2H3. The highest BCUT2D eigenvalue weighted by Gasteiger charge is 2.36. The van der Waals surface area contributed by atoms with Crippen LogP contribution in [0.4, 0.5) is 0 Å². The summed E-state index contributed by atoms with van der Waals surface area (Å²) in [6.07, 6.45) is 0.784. The largest absolute Gasteiger partial charge is 0.390 e. The number of aliphatic hydroxyl groups excluding tert-OH is 1. The van der Waals surface area contributed by atoms with Gasteiger partial charge in [-0.1, -0.05) is 6.92 Å². The van der Waals surface area contributed by atoms with Crippen molar-refractivity contribution in [3.05, 3.63) is 0 Å². The zero-order valence-corrected chi connectivity index (χ0v) is 7.79. The molecule has 0 aromatic carbocycles. The molecule has 1 fully saturated rings. The van der Waals surface area contributed by atoms with Crippen LogP contribution in [0, 0.1) is 5.92 Å². The maximum atomic E-state index is 9.75. The minimum absolute atomic E-state index is 0.111. The average Bonchev–Trinajstić information content (AvgIpc) is 2.55. The van der Waals surface area contributed by atoms with Gasteiger partial charge in [-0.15, -0.1) is 0 Å². The maximum Gasteiger partial charge on any atom is 0.0878 e. The molecular formula is C9H18O3. The van der Waals surface area contributed by atoms with Crippen LogP contribution >= 0.6 is 0 Å². The Balaban J connectivity index is 2.50. The highest BCUT2D eigenvalue weighted by molar-refractivity contribution is 4.87. The van der Waals surface area contributed by atoms with E-state index in [1.54, 1.807) is 6.92 Å². The van der Waals surface area contributed by atoms with Crippen LogP contribution in [0.1, 0.15) is 26.7 Å². The van der Waals surface area contributed by atoms with Crippen LogP contribution in [0.15, 0.2) is 0 Å². The summed E-state index contributed by atoms with van der Waals surface area (Å²) in [4.78, 5) is 0. The summed E-state index contributed by atoms with van der Waals surface area (Å²) in [5, 5.41) is 19.5. The molecule has 1 aliphatic heterocycles. The summed E-state index contributed by atoms with van der Waals surface area (Å²) < 4.78 is 5.15. The van der Waals surface area contributed by atoms with Crippen LogP contribution in [-0.4, -0.2) is 35.1 Å². The third-order valence-electron chi connectivity index (χ3n) is 2.76. The monoisotopic (exact) mass is 174 g/mol. The van der Waals surface area contributed by atoms with Gasteiger partial charge in [0.1, 0.15) is 0 Å². The zero-order chi connectivity index (χ0) is 9.19. The molecule has 0 amide bonds. The average molecular weight is 174 g/mol. The van der Waals surface area contributed by atoms with Gasteiger partial charge in [-0.05, 0) is 19.8 Å². The topological polar surface area (TPSA) is 49.7 Å². The zero-order valence-electron chi connectivity index (χ0n) is 7.79. The third kappa shape index (κ3) is 1.97. The molecule has 1 saturated heterocycles. The van der Waals surface area contributed by atoms with Crippen molar-refractivity contribution >= 4 is 0 Å². The molecule has 3 atom stereocenters. The van der Waals surface area contributed by atoms with Gasteiger partial charge in [0.2, 0.25) is 0 Å². The van der Waals surface area contributed by atoms with Crippen molar-refractivity contribution in [3.8, 4) is 0 Å². The highest BCUT2D eigenvalue weighted by atomic mass is 16.5. The second kappa shape index (κ2) is 3.73. The summed E-state index contributed by atoms with van der Waals surface area (Å²) in [7, 11) is 0. The van der Waals surface area contributed by atoms with Gasteiger partial charge in [-0.25, -0.2) is 0 Å². The lowest BCUT2D eigenvalue weighted by atomic mass is 9.86. The number of hydrogen-bond acceptors (Lipinski definition) is 3. The van der Waals surface area contributed by atoms with Gasteiger partial charge < -0.3 is 14.9 Å². The molecule has 12 heavy (non-hydrogen) atoms. The summed E-state index contributed by atoms with van der Waals surface area (Å²) in [6.45, 7) is 4.84. The first-order chi connectivity index (χ1) is 5.58. The summed E-state index contributed by atoms with van der Waals surface area (Å²) in [5.41, 5.74) is -0.960. The van der Waals surface area contributed by atoms with Crippen LogP contribution in [0.25, 0.3) is 0 Å². The fraction of sp³-hybridized carbons (Fsp3) is 1.00. The van der Waals surface area contributed by atoms with Crippen molar-refractivity contribution in [1.29, 1.82) is 0 Å². The Morgan fingerprint density at radius 2 is 2.33 bits per heavy atom. The lowest BCUT2D eigenvalue weighted by Crippen LogP contribution is -2.43. The summed E-state index contributed by atoms with van der Waals surface area (Å²) in [6, 6.07) is 0. The maximum absolute atomic E-state index is 9.75. The number of rotatable bonds is 3. The molecule has 0 saturated carbocycles. The number of aliphatic hydroxyl groups is 2. The van der Waals surface area contributed by atoms with Crippen LogP contribution in [0.5, 0.6) is 0 Å². The summed E-state index contributed by atoms with van der Waals surface area (Å²) in [5.74, 6) is 0.111. The lowest BCUT2D eigenvalue weighted by Gasteiger charge is -2.31. The Morgan fingerprint density at radius 1 is 1.67 bits per heavy atom. The minimum Gasteiger partial charge on any atom is -0.390 e. The molecule has 2 N–H and O–H groups in total. The van der Waals surface area contributed by atoms with Gasteiger partial charge in [0, 0.05) is 12.5 Å². The van der Waals surface area contributed by atoms with E-state index in [-0.39, 0.29) is 5.92 Å². The molecular weight excluding hydrogens is 156 g/mol. The highest BCUT2D eigenvalue weighted by Crippen LogP contribution is 2.26. The number of ether oxygens (including phenoxy) is 1. The van der Waals surface area contributed by atoms with Gasteiger partial charge in [-0.3, -0.25) is 0 Å². The van der Waals surface area contributed by atoms with Crippen molar-refractivity contribution in [2.75, 3.05) is 13.2 Å². The van der Waals surface area contributed by atoms with Crippen molar-refractivity contribution in [2.24, 2.45) is 5.92 Å². The van der Waals surface area contributed by atoms with E-state index in [0.717, 1.165) is 6.42 Å². The molecule has 0 bridgehead atoms. The first-order valence-corrected chi connectivity index (χ1v) is 4.56. The Kier molecular flexibility index (Phi) is 3.09. The number of hydrogen-bond donors (Lipinski definition) is 2. The Labute approximate surface area is 73.4 Å². The molecule has 3 nitrogen and oxygen atoms in total. The molecule has 0 spiro atoms. The van der Waals surface area contributed by atoms with Gasteiger partial charge >= 0.3 is 0 Å². The second-order valence-electron chi connectivity index (χ2n) is 3.78. The molecule has 0 radical (unpaired) electrons. The van der Waals surface area contributed by atoms with Crippen LogP contribution < -0.4 is 0 Å². The predicted octanol–water partition coefficient (Wildman–Crippen LogP) is 0.545. The van der Waals surface area contributed by atoms with Gasteiger partial charge in [0.25, 0.3) is 0 Å². The van der Waals surface area contributed by atoms with Gasteiger partial charge in [0.05, 0.1) is 18.3 Å². The fourth-order valence-electron chi connectivity index (χ4n) is 1.52. The smallest absolute Gasteiger partial charge is 0.0878 e. The molecule has 0 aliphatic carbocycles. The van der Waals surface area contributed by atoms with Crippen LogP contribution in [-0.2, 0) is 4.74 Å². The van der Waals surface area contributed by atoms with Crippen molar-refractivity contribution in [1.82, 2.24) is 0 Å². The van der Waals surface area contributed by atoms with E-state index >= 15 is 0 Å². The van der Waals surface area contributed by atoms with E-state index in [9.17, 15) is 10.2 Å². The Hall–Kier alpha value is -0.120. The molecule has 0 aromatic heterocycles.